The van der Waals surface area contributed by atoms with Crippen molar-refractivity contribution in [2.45, 2.75) is 12.8 Å². The molecule has 1 aromatic carbocycles. The Balaban J connectivity index is 1.98. The van der Waals surface area contributed by atoms with E-state index in [1.807, 2.05) is 0 Å². The molecule has 1 aliphatic heterocycles. The highest BCUT2D eigenvalue weighted by molar-refractivity contribution is 6.34. The molecular formula is C15H19ClN2O5. The van der Waals surface area contributed by atoms with Gasteiger partial charge in [0.1, 0.15) is 0 Å². The van der Waals surface area contributed by atoms with Crippen LogP contribution in [0.5, 0.6) is 11.5 Å². The van der Waals surface area contributed by atoms with Gasteiger partial charge >= 0.3 is 5.97 Å². The summed E-state index contributed by atoms with van der Waals surface area (Å²) in [4.78, 5) is 24.2. The summed E-state index contributed by atoms with van der Waals surface area (Å²) in [7, 11) is 1.68. The molecule has 2 rings (SSSR count). The quantitative estimate of drug-likeness (QED) is 0.820. The number of ether oxygens (including phenoxy) is 2. The molecule has 0 saturated carbocycles. The molecule has 0 radical (unpaired) electrons. The van der Waals surface area contributed by atoms with E-state index < -0.39 is 5.97 Å². The van der Waals surface area contributed by atoms with Crippen LogP contribution in [0.1, 0.15) is 12.8 Å². The Morgan fingerprint density at radius 3 is 2.61 bits per heavy atom. The van der Waals surface area contributed by atoms with E-state index >= 15 is 0 Å². The maximum atomic E-state index is 12.0. The van der Waals surface area contributed by atoms with Crippen LogP contribution in [0.2, 0.25) is 5.02 Å². The third kappa shape index (κ3) is 5.30. The maximum absolute atomic E-state index is 12.0. The summed E-state index contributed by atoms with van der Waals surface area (Å²) < 4.78 is 11.1. The SMILES string of the molecule is CN(CCC(=O)O)CC(=O)Nc1cc2c(cc1Cl)OCCCO2. The molecule has 1 aliphatic rings. The third-order valence-electron chi connectivity index (χ3n) is 3.23. The molecule has 0 aliphatic carbocycles. The van der Waals surface area contributed by atoms with Gasteiger partial charge in [-0.25, -0.2) is 0 Å². The lowest BCUT2D eigenvalue weighted by atomic mass is 10.2. The standard InChI is InChI=1S/C15H19ClN2O5/c1-18(4-3-15(20)21)9-14(19)17-11-8-13-12(7-10(11)16)22-5-2-6-23-13/h7-8H,2-6,9H2,1H3,(H,17,19)(H,20,21). The molecule has 0 fully saturated rings. The zero-order chi connectivity index (χ0) is 16.8. The normalized spacial score (nSPS) is 13.5. The summed E-state index contributed by atoms with van der Waals surface area (Å²) in [6.45, 7) is 1.46. The van der Waals surface area contributed by atoms with Crippen LogP contribution in [0.3, 0.4) is 0 Å². The number of carbonyl (C=O) groups excluding carboxylic acids is 1. The minimum Gasteiger partial charge on any atom is -0.490 e. The van der Waals surface area contributed by atoms with Crippen LogP contribution >= 0.6 is 11.6 Å². The molecule has 0 aromatic heterocycles. The molecular weight excluding hydrogens is 324 g/mol. The van der Waals surface area contributed by atoms with Gasteiger partial charge in [-0.1, -0.05) is 11.6 Å². The lowest BCUT2D eigenvalue weighted by Gasteiger charge is -2.16. The number of carboxylic acid groups (broad SMARTS) is 1. The Morgan fingerprint density at radius 2 is 1.96 bits per heavy atom. The van der Waals surface area contributed by atoms with Crippen molar-refractivity contribution >= 4 is 29.2 Å². The van der Waals surface area contributed by atoms with Crippen molar-refractivity contribution in [3.05, 3.63) is 17.2 Å². The van der Waals surface area contributed by atoms with E-state index in [1.54, 1.807) is 24.1 Å². The lowest BCUT2D eigenvalue weighted by molar-refractivity contribution is -0.137. The van der Waals surface area contributed by atoms with Crippen LogP contribution in [-0.4, -0.2) is 55.2 Å². The van der Waals surface area contributed by atoms with Gasteiger partial charge in [-0.2, -0.15) is 0 Å². The first kappa shape index (κ1) is 17.4. The second-order valence-electron chi connectivity index (χ2n) is 5.26. The van der Waals surface area contributed by atoms with E-state index in [1.165, 1.54) is 0 Å². The third-order valence-corrected chi connectivity index (χ3v) is 3.54. The molecule has 0 bridgehead atoms. The predicted molar refractivity (Wildman–Crippen MR) is 85.4 cm³/mol. The Hall–Kier alpha value is -1.99. The fourth-order valence-corrected chi connectivity index (χ4v) is 2.28. The molecule has 0 atom stereocenters. The molecule has 0 unspecified atom stereocenters. The number of nitrogens with zero attached hydrogens (tertiary/aromatic N) is 1. The highest BCUT2D eigenvalue weighted by Gasteiger charge is 2.16. The van der Waals surface area contributed by atoms with Crippen LogP contribution < -0.4 is 14.8 Å². The van der Waals surface area contributed by atoms with E-state index in [2.05, 4.69) is 5.32 Å². The van der Waals surface area contributed by atoms with Crippen molar-refractivity contribution in [2.24, 2.45) is 0 Å². The van der Waals surface area contributed by atoms with Crippen molar-refractivity contribution in [1.29, 1.82) is 0 Å². The Morgan fingerprint density at radius 1 is 1.30 bits per heavy atom. The summed E-state index contributed by atoms with van der Waals surface area (Å²) in [5, 5.41) is 11.7. The van der Waals surface area contributed by atoms with Crippen molar-refractivity contribution in [3.63, 3.8) is 0 Å². The maximum Gasteiger partial charge on any atom is 0.304 e. The molecule has 1 aromatic rings. The zero-order valence-electron chi connectivity index (χ0n) is 12.8. The number of halogens is 1. The topological polar surface area (TPSA) is 88.1 Å². The fourth-order valence-electron chi connectivity index (χ4n) is 2.08. The molecule has 126 valence electrons. The number of benzene rings is 1. The predicted octanol–water partition coefficient (Wildman–Crippen LogP) is 1.85. The molecule has 1 heterocycles. The minimum atomic E-state index is -0.900. The second kappa shape index (κ2) is 8.03. The van der Waals surface area contributed by atoms with Gasteiger partial charge in [-0.3, -0.25) is 14.5 Å². The Bertz CT molecular complexity index is 593. The minimum absolute atomic E-state index is 0.0193. The van der Waals surface area contributed by atoms with Gasteiger partial charge in [0.2, 0.25) is 5.91 Å². The summed E-state index contributed by atoms with van der Waals surface area (Å²) in [5.74, 6) is -0.0806. The summed E-state index contributed by atoms with van der Waals surface area (Å²) in [6, 6.07) is 3.25. The first-order valence-corrected chi connectivity index (χ1v) is 7.63. The molecule has 7 nitrogen and oxygen atoms in total. The van der Waals surface area contributed by atoms with Crippen LogP contribution in [-0.2, 0) is 9.59 Å². The highest BCUT2D eigenvalue weighted by Crippen LogP contribution is 2.37. The van der Waals surface area contributed by atoms with Gasteiger partial charge in [-0.05, 0) is 7.05 Å². The molecule has 23 heavy (non-hydrogen) atoms. The molecule has 8 heteroatoms. The van der Waals surface area contributed by atoms with E-state index in [0.29, 0.717) is 35.4 Å². The van der Waals surface area contributed by atoms with Crippen molar-refractivity contribution in [3.8, 4) is 11.5 Å². The largest absolute Gasteiger partial charge is 0.490 e. The average molecular weight is 343 g/mol. The number of fused-ring (bicyclic) bond motifs is 1. The number of amides is 1. The summed E-state index contributed by atoms with van der Waals surface area (Å²) >= 11 is 6.16. The smallest absolute Gasteiger partial charge is 0.304 e. The second-order valence-corrected chi connectivity index (χ2v) is 5.67. The van der Waals surface area contributed by atoms with Gasteiger partial charge in [0.15, 0.2) is 11.5 Å². The van der Waals surface area contributed by atoms with Gasteiger partial charge < -0.3 is 19.9 Å². The monoisotopic (exact) mass is 342 g/mol. The first-order valence-electron chi connectivity index (χ1n) is 7.25. The van der Waals surface area contributed by atoms with Crippen LogP contribution in [0, 0.1) is 0 Å². The van der Waals surface area contributed by atoms with Crippen molar-refractivity contribution in [2.75, 3.05) is 38.7 Å². The fraction of sp³-hybridized carbons (Fsp3) is 0.467. The molecule has 2 N–H and O–H groups in total. The number of anilines is 1. The van der Waals surface area contributed by atoms with E-state index in [-0.39, 0.29) is 25.4 Å². The number of hydrogen-bond donors (Lipinski definition) is 2. The summed E-state index contributed by atoms with van der Waals surface area (Å²) in [6.07, 6.45) is 0.761. The number of nitrogens with one attached hydrogen (secondary N) is 1. The average Bonchev–Trinajstić information content (AvgIpc) is 2.70. The number of aliphatic carboxylic acids is 1. The highest BCUT2D eigenvalue weighted by atomic mass is 35.5. The molecule has 1 amide bonds. The van der Waals surface area contributed by atoms with Crippen LogP contribution in [0.15, 0.2) is 12.1 Å². The van der Waals surface area contributed by atoms with Crippen LogP contribution in [0.4, 0.5) is 5.69 Å². The van der Waals surface area contributed by atoms with E-state index in [9.17, 15) is 9.59 Å². The van der Waals surface area contributed by atoms with Gasteiger partial charge in [-0.15, -0.1) is 0 Å². The summed E-state index contributed by atoms with van der Waals surface area (Å²) in [5.41, 5.74) is 0.438. The number of likely N-dealkylation sites (N-methyl/N-ethyl adjacent to an activating group) is 1. The van der Waals surface area contributed by atoms with Gasteiger partial charge in [0.25, 0.3) is 0 Å². The zero-order valence-corrected chi connectivity index (χ0v) is 13.6. The van der Waals surface area contributed by atoms with Crippen molar-refractivity contribution < 1.29 is 24.2 Å². The Labute approximate surface area is 139 Å². The van der Waals surface area contributed by atoms with Gasteiger partial charge in [0.05, 0.1) is 36.9 Å². The first-order chi connectivity index (χ1) is 11.0. The molecule has 0 spiro atoms. The van der Waals surface area contributed by atoms with E-state index in [4.69, 9.17) is 26.2 Å². The van der Waals surface area contributed by atoms with E-state index in [0.717, 1.165) is 6.42 Å². The van der Waals surface area contributed by atoms with Crippen molar-refractivity contribution in [1.82, 2.24) is 4.90 Å². The number of hydrogen-bond acceptors (Lipinski definition) is 5. The van der Waals surface area contributed by atoms with Gasteiger partial charge in [0, 0.05) is 25.1 Å². The number of carboxylic acids is 1. The number of rotatable bonds is 6. The molecule has 0 saturated heterocycles. The lowest BCUT2D eigenvalue weighted by Crippen LogP contribution is -2.31. The number of carbonyl (C=O) groups is 2. The Kier molecular flexibility index (Phi) is 6.06. The van der Waals surface area contributed by atoms with Crippen LogP contribution in [0.25, 0.3) is 0 Å².